The normalized spacial score (nSPS) is 13.0. The van der Waals surface area contributed by atoms with Crippen LogP contribution in [0.2, 0.25) is 0 Å². The minimum Gasteiger partial charge on any atom is -0.468 e. The number of esters is 3. The van der Waals surface area contributed by atoms with E-state index in [2.05, 4.69) is 5.32 Å². The van der Waals surface area contributed by atoms with Gasteiger partial charge in [0.25, 0.3) is 0 Å². The van der Waals surface area contributed by atoms with Gasteiger partial charge in [-0.3, -0.25) is 19.7 Å². The van der Waals surface area contributed by atoms with Gasteiger partial charge in [-0.1, -0.05) is 44.2 Å². The monoisotopic (exact) mass is 365 g/mol. The van der Waals surface area contributed by atoms with Gasteiger partial charge in [-0.05, 0) is 17.9 Å². The third kappa shape index (κ3) is 7.65. The standard InChI is InChI=1S/C19H27NO6/c1-13(2)10-15(18(22)24-3)20-16(19(23)25-4)11-17(21)26-12-14-8-6-5-7-9-14/h5-9,13,15-16,20H,10-12H2,1-4H3/t15-,16-/m0/s1. The lowest BCUT2D eigenvalue weighted by Crippen LogP contribution is -2.49. The maximum absolute atomic E-state index is 12.1. The van der Waals surface area contributed by atoms with Crippen molar-refractivity contribution in [3.05, 3.63) is 35.9 Å². The fraction of sp³-hybridized carbons (Fsp3) is 0.526. The minimum atomic E-state index is -0.994. The van der Waals surface area contributed by atoms with Crippen LogP contribution in [-0.2, 0) is 35.2 Å². The van der Waals surface area contributed by atoms with E-state index in [4.69, 9.17) is 14.2 Å². The molecule has 1 rings (SSSR count). The molecule has 0 bridgehead atoms. The van der Waals surface area contributed by atoms with Crippen LogP contribution in [-0.4, -0.2) is 44.2 Å². The summed E-state index contributed by atoms with van der Waals surface area (Å²) in [7, 11) is 2.50. The van der Waals surface area contributed by atoms with E-state index in [0.717, 1.165) is 5.56 Å². The van der Waals surface area contributed by atoms with Crippen molar-refractivity contribution in [2.75, 3.05) is 14.2 Å². The van der Waals surface area contributed by atoms with Crippen LogP contribution in [0.25, 0.3) is 0 Å². The summed E-state index contributed by atoms with van der Waals surface area (Å²) in [6, 6.07) is 7.50. The Labute approximate surface area is 154 Å². The van der Waals surface area contributed by atoms with Crippen molar-refractivity contribution in [2.24, 2.45) is 5.92 Å². The Morgan fingerprint density at radius 2 is 1.54 bits per heavy atom. The van der Waals surface area contributed by atoms with Gasteiger partial charge in [0, 0.05) is 0 Å². The molecule has 1 aromatic rings. The van der Waals surface area contributed by atoms with Gasteiger partial charge in [-0.2, -0.15) is 0 Å². The Morgan fingerprint density at radius 1 is 0.962 bits per heavy atom. The van der Waals surface area contributed by atoms with E-state index in [1.54, 1.807) is 0 Å². The first-order valence-corrected chi connectivity index (χ1v) is 8.48. The van der Waals surface area contributed by atoms with Gasteiger partial charge in [0.05, 0.1) is 20.6 Å². The molecular weight excluding hydrogens is 338 g/mol. The summed E-state index contributed by atoms with van der Waals surface area (Å²) in [5, 5.41) is 2.87. The first kappa shape index (κ1) is 21.6. The molecule has 0 amide bonds. The van der Waals surface area contributed by atoms with E-state index in [1.165, 1.54) is 14.2 Å². The molecule has 7 nitrogen and oxygen atoms in total. The van der Waals surface area contributed by atoms with Crippen LogP contribution in [0.3, 0.4) is 0 Å². The Bertz CT molecular complexity index is 587. The zero-order chi connectivity index (χ0) is 19.5. The lowest BCUT2D eigenvalue weighted by molar-refractivity contribution is -0.153. The largest absolute Gasteiger partial charge is 0.468 e. The van der Waals surface area contributed by atoms with Crippen LogP contribution in [0, 0.1) is 5.92 Å². The van der Waals surface area contributed by atoms with E-state index in [9.17, 15) is 14.4 Å². The van der Waals surface area contributed by atoms with Gasteiger partial charge in [0.2, 0.25) is 0 Å². The lowest BCUT2D eigenvalue weighted by atomic mass is 10.0. The molecule has 1 aromatic carbocycles. The number of nitrogens with one attached hydrogen (secondary N) is 1. The van der Waals surface area contributed by atoms with Crippen LogP contribution < -0.4 is 5.32 Å². The summed E-state index contributed by atoms with van der Waals surface area (Å²) < 4.78 is 14.7. The average molecular weight is 365 g/mol. The van der Waals surface area contributed by atoms with Crippen LogP contribution in [0.15, 0.2) is 30.3 Å². The minimum absolute atomic E-state index is 0.111. The second-order valence-electron chi connectivity index (χ2n) is 6.30. The second kappa shape index (κ2) is 11.3. The SMILES string of the molecule is COC(=O)[C@H](CC(=O)OCc1ccccc1)N[C@@H](CC(C)C)C(=O)OC. The lowest BCUT2D eigenvalue weighted by Gasteiger charge is -2.23. The molecule has 0 aliphatic carbocycles. The highest BCUT2D eigenvalue weighted by atomic mass is 16.5. The summed E-state index contributed by atoms with van der Waals surface area (Å²) in [6.45, 7) is 4.00. The highest BCUT2D eigenvalue weighted by molar-refractivity contribution is 5.84. The van der Waals surface area contributed by atoms with Crippen molar-refractivity contribution in [1.29, 1.82) is 0 Å². The van der Waals surface area contributed by atoms with E-state index < -0.39 is 30.0 Å². The number of hydrogen-bond acceptors (Lipinski definition) is 7. The van der Waals surface area contributed by atoms with Crippen molar-refractivity contribution in [1.82, 2.24) is 5.32 Å². The topological polar surface area (TPSA) is 90.9 Å². The molecule has 0 aliphatic heterocycles. The van der Waals surface area contributed by atoms with Gasteiger partial charge >= 0.3 is 17.9 Å². The average Bonchev–Trinajstić information content (AvgIpc) is 2.64. The van der Waals surface area contributed by atoms with Crippen LogP contribution in [0.5, 0.6) is 0 Å². The van der Waals surface area contributed by atoms with E-state index >= 15 is 0 Å². The van der Waals surface area contributed by atoms with Gasteiger partial charge in [-0.25, -0.2) is 0 Å². The fourth-order valence-electron chi connectivity index (χ4n) is 2.41. The van der Waals surface area contributed by atoms with E-state index in [-0.39, 0.29) is 18.9 Å². The molecule has 0 spiro atoms. The molecule has 144 valence electrons. The van der Waals surface area contributed by atoms with Crippen molar-refractivity contribution < 1.29 is 28.6 Å². The molecule has 0 saturated heterocycles. The number of benzene rings is 1. The molecule has 1 N–H and O–H groups in total. The Morgan fingerprint density at radius 3 is 2.08 bits per heavy atom. The molecule has 0 saturated carbocycles. The van der Waals surface area contributed by atoms with Gasteiger partial charge in [0.1, 0.15) is 18.7 Å². The number of carbonyl (C=O) groups excluding carboxylic acids is 3. The molecule has 0 aromatic heterocycles. The fourth-order valence-corrected chi connectivity index (χ4v) is 2.41. The van der Waals surface area contributed by atoms with Crippen LogP contribution in [0.4, 0.5) is 0 Å². The van der Waals surface area contributed by atoms with Crippen LogP contribution >= 0.6 is 0 Å². The van der Waals surface area contributed by atoms with Gasteiger partial charge in [0.15, 0.2) is 0 Å². The number of ether oxygens (including phenoxy) is 3. The number of carbonyl (C=O) groups is 3. The molecule has 0 heterocycles. The molecule has 0 unspecified atom stereocenters. The second-order valence-corrected chi connectivity index (χ2v) is 6.30. The third-order valence-electron chi connectivity index (χ3n) is 3.69. The first-order valence-electron chi connectivity index (χ1n) is 8.48. The quantitative estimate of drug-likeness (QED) is 0.500. The Balaban J connectivity index is 2.70. The van der Waals surface area contributed by atoms with Crippen LogP contribution in [0.1, 0.15) is 32.3 Å². The van der Waals surface area contributed by atoms with E-state index in [0.29, 0.717) is 6.42 Å². The predicted octanol–water partition coefficient (Wildman–Crippen LogP) is 1.84. The molecular formula is C19H27NO6. The predicted molar refractivity (Wildman–Crippen MR) is 95.1 cm³/mol. The summed E-state index contributed by atoms with van der Waals surface area (Å²) in [4.78, 5) is 36.1. The van der Waals surface area contributed by atoms with Crippen molar-refractivity contribution in [3.63, 3.8) is 0 Å². The first-order chi connectivity index (χ1) is 12.4. The van der Waals surface area contributed by atoms with E-state index in [1.807, 2.05) is 44.2 Å². The zero-order valence-electron chi connectivity index (χ0n) is 15.7. The summed E-state index contributed by atoms with van der Waals surface area (Å²) >= 11 is 0. The van der Waals surface area contributed by atoms with Crippen molar-refractivity contribution in [2.45, 2.75) is 45.4 Å². The third-order valence-corrected chi connectivity index (χ3v) is 3.69. The summed E-state index contributed by atoms with van der Waals surface area (Å²) in [5.41, 5.74) is 0.843. The number of methoxy groups -OCH3 is 2. The number of rotatable bonds is 10. The zero-order valence-corrected chi connectivity index (χ0v) is 15.7. The molecule has 0 aliphatic rings. The summed E-state index contributed by atoms with van der Waals surface area (Å²) in [5.74, 6) is -1.51. The highest BCUT2D eigenvalue weighted by Crippen LogP contribution is 2.10. The number of hydrogen-bond donors (Lipinski definition) is 1. The summed E-state index contributed by atoms with van der Waals surface area (Å²) in [6.07, 6.45) is 0.213. The highest BCUT2D eigenvalue weighted by Gasteiger charge is 2.30. The molecule has 26 heavy (non-hydrogen) atoms. The van der Waals surface area contributed by atoms with Gasteiger partial charge in [-0.15, -0.1) is 0 Å². The maximum atomic E-state index is 12.1. The molecule has 0 radical (unpaired) electrons. The van der Waals surface area contributed by atoms with Crippen molar-refractivity contribution in [3.8, 4) is 0 Å². The Hall–Kier alpha value is -2.41. The van der Waals surface area contributed by atoms with Gasteiger partial charge < -0.3 is 14.2 Å². The molecule has 7 heteroatoms. The molecule has 2 atom stereocenters. The molecule has 0 fully saturated rings. The maximum Gasteiger partial charge on any atom is 0.323 e. The van der Waals surface area contributed by atoms with Crippen molar-refractivity contribution >= 4 is 17.9 Å². The Kier molecular flexibility index (Phi) is 9.36. The smallest absolute Gasteiger partial charge is 0.323 e.